The summed E-state index contributed by atoms with van der Waals surface area (Å²) in [7, 11) is -2.37. The molecule has 1 rings (SSSR count). The molecule has 1 aromatic rings. The predicted octanol–water partition coefficient (Wildman–Crippen LogP) is 1.22. The first-order chi connectivity index (χ1) is 9.07. The van der Waals surface area contributed by atoms with E-state index in [4.69, 9.17) is 5.73 Å². The lowest BCUT2D eigenvalue weighted by atomic mass is 10.1. The number of nitrogens with two attached hydrogens (primary N) is 1. The Hall–Kier alpha value is -1.15. The molecule has 0 radical (unpaired) electrons. The molecule has 0 aliphatic rings. The maximum atomic E-state index is 12.1. The van der Waals surface area contributed by atoms with E-state index in [2.05, 4.69) is 9.46 Å². The van der Waals surface area contributed by atoms with Crippen molar-refractivity contribution < 1.29 is 17.9 Å². The summed E-state index contributed by atoms with van der Waals surface area (Å²) in [6.45, 7) is 5.22. The van der Waals surface area contributed by atoms with Gasteiger partial charge >= 0.3 is 5.97 Å². The molecule has 8 heteroatoms. The highest BCUT2D eigenvalue weighted by molar-refractivity contribution is 7.89. The first-order valence-corrected chi connectivity index (χ1v) is 7.53. The molecule has 1 aromatic carbocycles. The minimum absolute atomic E-state index is 0. The van der Waals surface area contributed by atoms with Gasteiger partial charge in [-0.05, 0) is 44.5 Å². The molecule has 0 bridgehead atoms. The quantitative estimate of drug-likeness (QED) is 0.788. The van der Waals surface area contributed by atoms with E-state index in [1.165, 1.54) is 25.3 Å². The molecule has 0 amide bonds. The highest BCUT2D eigenvalue weighted by atomic mass is 35.5. The fourth-order valence-corrected chi connectivity index (χ4v) is 2.81. The first kappa shape index (κ1) is 19.9. The highest BCUT2D eigenvalue weighted by Gasteiger charge is 2.20. The van der Waals surface area contributed by atoms with Gasteiger partial charge < -0.3 is 10.5 Å². The second-order valence-electron chi connectivity index (χ2n) is 5.28. The molecular formula is C13H21ClN2O4S. The van der Waals surface area contributed by atoms with Gasteiger partial charge in [0.15, 0.2) is 0 Å². The van der Waals surface area contributed by atoms with Crippen LogP contribution in [0.1, 0.15) is 29.8 Å². The number of benzene rings is 1. The molecule has 0 heterocycles. The number of carbonyl (C=O) groups is 1. The Kier molecular flexibility index (Phi) is 6.82. The SMILES string of the molecule is COC(=O)c1ccc(S(=O)(=O)NCC(C)(C)N)cc1C.Cl. The van der Waals surface area contributed by atoms with Crippen LogP contribution in [-0.4, -0.2) is 33.6 Å². The maximum Gasteiger partial charge on any atom is 0.338 e. The molecule has 0 fully saturated rings. The molecule has 120 valence electrons. The summed E-state index contributed by atoms with van der Waals surface area (Å²) < 4.78 is 31.2. The van der Waals surface area contributed by atoms with E-state index in [9.17, 15) is 13.2 Å². The van der Waals surface area contributed by atoms with Gasteiger partial charge in [0.05, 0.1) is 17.6 Å². The van der Waals surface area contributed by atoms with E-state index in [-0.39, 0.29) is 23.8 Å². The van der Waals surface area contributed by atoms with Crippen molar-refractivity contribution in [3.63, 3.8) is 0 Å². The van der Waals surface area contributed by atoms with Crippen LogP contribution in [0.2, 0.25) is 0 Å². The van der Waals surface area contributed by atoms with Crippen molar-refractivity contribution >= 4 is 28.4 Å². The molecule has 0 aromatic heterocycles. The van der Waals surface area contributed by atoms with Crippen molar-refractivity contribution in [1.82, 2.24) is 4.72 Å². The lowest BCUT2D eigenvalue weighted by Gasteiger charge is -2.19. The van der Waals surface area contributed by atoms with E-state index in [0.29, 0.717) is 11.1 Å². The van der Waals surface area contributed by atoms with Crippen molar-refractivity contribution in [3.8, 4) is 0 Å². The predicted molar refractivity (Wildman–Crippen MR) is 83.2 cm³/mol. The Bertz CT molecular complexity index is 609. The van der Waals surface area contributed by atoms with Gasteiger partial charge in [-0.2, -0.15) is 0 Å². The summed E-state index contributed by atoms with van der Waals surface area (Å²) in [5.41, 5.74) is 5.97. The van der Waals surface area contributed by atoms with E-state index < -0.39 is 21.5 Å². The zero-order valence-electron chi connectivity index (χ0n) is 12.5. The Labute approximate surface area is 131 Å². The fourth-order valence-electron chi connectivity index (χ4n) is 1.51. The normalized spacial score (nSPS) is 11.7. The van der Waals surface area contributed by atoms with E-state index >= 15 is 0 Å². The van der Waals surface area contributed by atoms with Gasteiger partial charge in [0.25, 0.3) is 0 Å². The standard InChI is InChI=1S/C13H20N2O4S.ClH/c1-9-7-10(5-6-11(9)12(16)19-4)20(17,18)15-8-13(2,3)14;/h5-7,15H,8,14H2,1-4H3;1H. The van der Waals surface area contributed by atoms with Gasteiger partial charge in [-0.3, -0.25) is 0 Å². The average Bonchev–Trinajstić information content (AvgIpc) is 2.34. The van der Waals surface area contributed by atoms with Crippen LogP contribution in [0, 0.1) is 6.92 Å². The summed E-state index contributed by atoms with van der Waals surface area (Å²) >= 11 is 0. The number of esters is 1. The van der Waals surface area contributed by atoms with Gasteiger partial charge in [0.1, 0.15) is 0 Å². The molecule has 0 aliphatic carbocycles. The van der Waals surface area contributed by atoms with Crippen LogP contribution in [0.25, 0.3) is 0 Å². The Morgan fingerprint density at radius 1 is 1.38 bits per heavy atom. The lowest BCUT2D eigenvalue weighted by molar-refractivity contribution is 0.0600. The van der Waals surface area contributed by atoms with Crippen molar-refractivity contribution in [2.45, 2.75) is 31.2 Å². The van der Waals surface area contributed by atoms with E-state index in [1.807, 2.05) is 0 Å². The molecule has 21 heavy (non-hydrogen) atoms. The molecule has 0 saturated carbocycles. The minimum Gasteiger partial charge on any atom is -0.465 e. The van der Waals surface area contributed by atoms with Crippen LogP contribution in [0.4, 0.5) is 0 Å². The second-order valence-corrected chi connectivity index (χ2v) is 7.05. The number of ether oxygens (including phenoxy) is 1. The first-order valence-electron chi connectivity index (χ1n) is 6.04. The summed E-state index contributed by atoms with van der Waals surface area (Å²) in [5, 5.41) is 0. The van der Waals surface area contributed by atoms with Crippen molar-refractivity contribution in [3.05, 3.63) is 29.3 Å². The summed E-state index contributed by atoms with van der Waals surface area (Å²) in [6, 6.07) is 4.23. The number of nitrogens with one attached hydrogen (secondary N) is 1. The third-order valence-electron chi connectivity index (χ3n) is 2.63. The minimum atomic E-state index is -3.65. The lowest BCUT2D eigenvalue weighted by Crippen LogP contribution is -2.45. The van der Waals surface area contributed by atoms with Gasteiger partial charge in [-0.15, -0.1) is 12.4 Å². The van der Waals surface area contributed by atoms with Crippen molar-refractivity contribution in [2.75, 3.05) is 13.7 Å². The highest BCUT2D eigenvalue weighted by Crippen LogP contribution is 2.16. The third kappa shape index (κ3) is 5.62. The molecule has 0 atom stereocenters. The molecule has 6 nitrogen and oxygen atoms in total. The van der Waals surface area contributed by atoms with Crippen molar-refractivity contribution in [1.29, 1.82) is 0 Å². The van der Waals surface area contributed by atoms with E-state index in [0.717, 1.165) is 0 Å². The fraction of sp³-hybridized carbons (Fsp3) is 0.462. The number of rotatable bonds is 5. The molecule has 0 saturated heterocycles. The molecule has 3 N–H and O–H groups in total. The molecule has 0 aliphatic heterocycles. The summed E-state index contributed by atoms with van der Waals surface area (Å²) in [6.07, 6.45) is 0. The van der Waals surface area contributed by atoms with Crippen LogP contribution in [0.15, 0.2) is 23.1 Å². The number of methoxy groups -OCH3 is 1. The Morgan fingerprint density at radius 2 is 1.95 bits per heavy atom. The molecule has 0 spiro atoms. The van der Waals surface area contributed by atoms with Gasteiger partial charge in [-0.25, -0.2) is 17.9 Å². The largest absolute Gasteiger partial charge is 0.465 e. The molecular weight excluding hydrogens is 316 g/mol. The summed E-state index contributed by atoms with van der Waals surface area (Å²) in [5.74, 6) is -0.498. The number of aryl methyl sites for hydroxylation is 1. The van der Waals surface area contributed by atoms with Crippen LogP contribution in [0.3, 0.4) is 0 Å². The van der Waals surface area contributed by atoms with Crippen LogP contribution >= 0.6 is 12.4 Å². The average molecular weight is 337 g/mol. The number of carbonyl (C=O) groups excluding carboxylic acids is 1. The Balaban J connectivity index is 0.00000400. The van der Waals surface area contributed by atoms with Crippen LogP contribution in [0.5, 0.6) is 0 Å². The third-order valence-corrected chi connectivity index (χ3v) is 4.03. The van der Waals surface area contributed by atoms with Crippen LogP contribution < -0.4 is 10.5 Å². The topological polar surface area (TPSA) is 98.5 Å². The Morgan fingerprint density at radius 3 is 2.38 bits per heavy atom. The van der Waals surface area contributed by atoms with Crippen molar-refractivity contribution in [2.24, 2.45) is 5.73 Å². The van der Waals surface area contributed by atoms with Crippen LogP contribution in [-0.2, 0) is 14.8 Å². The number of hydrogen-bond donors (Lipinski definition) is 2. The van der Waals surface area contributed by atoms with E-state index in [1.54, 1.807) is 20.8 Å². The monoisotopic (exact) mass is 336 g/mol. The zero-order chi connectivity index (χ0) is 15.6. The number of halogens is 1. The molecule has 0 unspecified atom stereocenters. The maximum absolute atomic E-state index is 12.1. The summed E-state index contributed by atoms with van der Waals surface area (Å²) in [4.78, 5) is 11.5. The second kappa shape index (κ2) is 7.22. The van der Waals surface area contributed by atoms with Gasteiger partial charge in [-0.1, -0.05) is 0 Å². The zero-order valence-corrected chi connectivity index (χ0v) is 14.1. The smallest absolute Gasteiger partial charge is 0.338 e. The van der Waals surface area contributed by atoms with Gasteiger partial charge in [0.2, 0.25) is 10.0 Å². The number of sulfonamides is 1. The number of hydrogen-bond acceptors (Lipinski definition) is 5. The van der Waals surface area contributed by atoms with Gasteiger partial charge in [0, 0.05) is 12.1 Å².